The average Bonchev–Trinajstić information content (AvgIpc) is 2.85. The number of piperidine rings is 1. The minimum absolute atomic E-state index is 0.0438. The van der Waals surface area contributed by atoms with E-state index in [4.69, 9.17) is 10.1 Å². The Bertz CT molecular complexity index is 1220. The maximum Gasteiger partial charge on any atom is 0.258 e. The van der Waals surface area contributed by atoms with Gasteiger partial charge in [-0.1, -0.05) is 0 Å². The van der Waals surface area contributed by atoms with Crippen LogP contribution in [0.15, 0.2) is 53.8 Å². The molecule has 2 aromatic heterocycles. The molecule has 1 aliphatic heterocycles. The third-order valence-corrected chi connectivity index (χ3v) is 6.37. The van der Waals surface area contributed by atoms with Gasteiger partial charge in [0.1, 0.15) is 18.2 Å². The van der Waals surface area contributed by atoms with E-state index in [2.05, 4.69) is 20.3 Å². The van der Waals surface area contributed by atoms with Gasteiger partial charge < -0.3 is 20.4 Å². The molecule has 0 bridgehead atoms. The number of halogens is 1. The first-order valence-corrected chi connectivity index (χ1v) is 12.1. The van der Waals surface area contributed by atoms with E-state index in [0.29, 0.717) is 42.2 Å². The number of nitrogens with zero attached hydrogens (tertiary/aromatic N) is 4. The molecule has 0 saturated carbocycles. The normalized spacial score (nSPS) is 14.9. The molecular formula is C23H23FN6O3S. The van der Waals surface area contributed by atoms with Crippen LogP contribution in [0.5, 0.6) is 5.88 Å². The number of amides is 1. The number of benzene rings is 1. The van der Waals surface area contributed by atoms with Crippen molar-refractivity contribution >= 4 is 34.4 Å². The molecule has 1 saturated heterocycles. The van der Waals surface area contributed by atoms with Crippen LogP contribution in [-0.2, 0) is 10.8 Å². The van der Waals surface area contributed by atoms with Gasteiger partial charge in [-0.25, -0.2) is 15.0 Å². The summed E-state index contributed by atoms with van der Waals surface area (Å²) in [5, 5.41) is 11.0. The summed E-state index contributed by atoms with van der Waals surface area (Å²) in [7, 11) is -1.07. The predicted molar refractivity (Wildman–Crippen MR) is 126 cm³/mol. The van der Waals surface area contributed by atoms with E-state index in [1.807, 2.05) is 0 Å². The second-order valence-corrected chi connectivity index (χ2v) is 9.02. The predicted octanol–water partition coefficient (Wildman–Crippen LogP) is 3.17. The molecule has 34 heavy (non-hydrogen) atoms. The van der Waals surface area contributed by atoms with Crippen LogP contribution in [0.3, 0.4) is 0 Å². The van der Waals surface area contributed by atoms with Gasteiger partial charge in [0, 0.05) is 66.0 Å². The summed E-state index contributed by atoms with van der Waals surface area (Å²) in [6.07, 6.45) is 6.24. The van der Waals surface area contributed by atoms with E-state index in [9.17, 15) is 13.4 Å². The SMILES string of the molecule is CS(=O)c1ccc(Nc2ncnc(OC3CCN(C(=O)c4cccnc4F)CC3)c2C=N)cc1. The zero-order chi connectivity index (χ0) is 24.1. The van der Waals surface area contributed by atoms with E-state index in [0.717, 1.165) is 11.9 Å². The lowest BCUT2D eigenvalue weighted by Crippen LogP contribution is -2.42. The number of ether oxygens (including phenoxy) is 1. The van der Waals surface area contributed by atoms with Crippen LogP contribution in [0, 0.1) is 11.4 Å². The van der Waals surface area contributed by atoms with Gasteiger partial charge >= 0.3 is 0 Å². The number of anilines is 2. The molecule has 1 amide bonds. The minimum atomic E-state index is -1.07. The molecule has 1 aromatic carbocycles. The Labute approximate surface area is 198 Å². The molecule has 1 aliphatic rings. The summed E-state index contributed by atoms with van der Waals surface area (Å²) in [5.74, 6) is -0.498. The van der Waals surface area contributed by atoms with Gasteiger partial charge in [0.05, 0.1) is 11.1 Å². The van der Waals surface area contributed by atoms with Gasteiger partial charge in [-0.2, -0.15) is 4.39 Å². The van der Waals surface area contributed by atoms with Crippen molar-refractivity contribution in [2.24, 2.45) is 0 Å². The highest BCUT2D eigenvalue weighted by Gasteiger charge is 2.27. The summed E-state index contributed by atoms with van der Waals surface area (Å²) in [6, 6.07) is 10.0. The third kappa shape index (κ3) is 5.25. The highest BCUT2D eigenvalue weighted by atomic mass is 32.2. The first-order valence-electron chi connectivity index (χ1n) is 10.6. The van der Waals surface area contributed by atoms with Gasteiger partial charge in [-0.05, 0) is 36.4 Å². The number of hydrogen-bond acceptors (Lipinski definition) is 8. The Morgan fingerprint density at radius 3 is 2.59 bits per heavy atom. The topological polar surface area (TPSA) is 121 Å². The maximum atomic E-state index is 13.9. The summed E-state index contributed by atoms with van der Waals surface area (Å²) in [4.78, 5) is 26.8. The number of aromatic nitrogens is 3. The van der Waals surface area contributed by atoms with Crippen molar-refractivity contribution in [2.75, 3.05) is 24.7 Å². The Kier molecular flexibility index (Phi) is 7.21. The number of carbonyl (C=O) groups excluding carboxylic acids is 1. The Hall–Kier alpha value is -3.73. The monoisotopic (exact) mass is 482 g/mol. The fraction of sp³-hybridized carbons (Fsp3) is 0.261. The summed E-state index contributed by atoms with van der Waals surface area (Å²) in [5.41, 5.74) is 1.07. The van der Waals surface area contributed by atoms with Crippen LogP contribution in [-0.4, -0.2) is 61.6 Å². The van der Waals surface area contributed by atoms with Crippen molar-refractivity contribution < 1.29 is 18.1 Å². The van der Waals surface area contributed by atoms with Gasteiger partial charge in [0.15, 0.2) is 0 Å². The Morgan fingerprint density at radius 2 is 1.94 bits per heavy atom. The minimum Gasteiger partial charge on any atom is -0.474 e. The van der Waals surface area contributed by atoms with E-state index in [1.165, 1.54) is 24.7 Å². The number of carbonyl (C=O) groups is 1. The highest BCUT2D eigenvalue weighted by molar-refractivity contribution is 7.84. The molecule has 0 radical (unpaired) electrons. The van der Waals surface area contributed by atoms with Crippen LogP contribution in [0.2, 0.25) is 0 Å². The van der Waals surface area contributed by atoms with Crippen LogP contribution < -0.4 is 10.1 Å². The molecule has 9 nitrogen and oxygen atoms in total. The second kappa shape index (κ2) is 10.5. The molecule has 176 valence electrons. The summed E-state index contributed by atoms with van der Waals surface area (Å²) in [6.45, 7) is 0.804. The number of likely N-dealkylation sites (tertiary alicyclic amines) is 1. The van der Waals surface area contributed by atoms with Crippen molar-refractivity contribution in [1.29, 1.82) is 5.41 Å². The highest BCUT2D eigenvalue weighted by Crippen LogP contribution is 2.27. The van der Waals surface area contributed by atoms with Gasteiger partial charge in [-0.15, -0.1) is 0 Å². The smallest absolute Gasteiger partial charge is 0.258 e. The lowest BCUT2D eigenvalue weighted by atomic mass is 10.1. The third-order valence-electron chi connectivity index (χ3n) is 5.44. The molecule has 1 unspecified atom stereocenters. The zero-order valence-electron chi connectivity index (χ0n) is 18.4. The van der Waals surface area contributed by atoms with E-state index in [1.54, 1.807) is 35.4 Å². The number of pyridine rings is 1. The Morgan fingerprint density at radius 1 is 1.21 bits per heavy atom. The van der Waals surface area contributed by atoms with Crippen LogP contribution >= 0.6 is 0 Å². The fourth-order valence-electron chi connectivity index (χ4n) is 3.62. The lowest BCUT2D eigenvalue weighted by Gasteiger charge is -2.32. The molecule has 4 rings (SSSR count). The first-order chi connectivity index (χ1) is 16.5. The molecule has 3 aromatic rings. The van der Waals surface area contributed by atoms with Crippen molar-refractivity contribution in [3.8, 4) is 5.88 Å². The molecular weight excluding hydrogens is 459 g/mol. The molecule has 0 spiro atoms. The standard InChI is InChI=1S/C23H23FN6O3S/c1-34(32)17-6-4-15(5-7-17)29-21-19(13-25)22(28-14-27-21)33-16-8-11-30(12-9-16)23(31)18-3-2-10-26-20(18)24/h2-7,10,13-14,16,25H,8-9,11-12H2,1H3,(H,27,28,29). The number of hydrogen-bond donors (Lipinski definition) is 2. The lowest BCUT2D eigenvalue weighted by molar-refractivity contribution is 0.0582. The van der Waals surface area contributed by atoms with E-state index in [-0.39, 0.29) is 17.5 Å². The average molecular weight is 483 g/mol. The van der Waals surface area contributed by atoms with Crippen molar-refractivity contribution in [3.63, 3.8) is 0 Å². The fourth-order valence-corrected chi connectivity index (χ4v) is 4.14. The van der Waals surface area contributed by atoms with Crippen molar-refractivity contribution in [3.05, 3.63) is 66.0 Å². The summed E-state index contributed by atoms with van der Waals surface area (Å²) < 4.78 is 31.5. The first kappa shape index (κ1) is 23.4. The van der Waals surface area contributed by atoms with E-state index < -0.39 is 22.7 Å². The Balaban J connectivity index is 1.41. The molecule has 2 N–H and O–H groups in total. The number of nitrogens with one attached hydrogen (secondary N) is 2. The van der Waals surface area contributed by atoms with Crippen LogP contribution in [0.1, 0.15) is 28.8 Å². The van der Waals surface area contributed by atoms with Crippen molar-refractivity contribution in [2.45, 2.75) is 23.8 Å². The molecule has 0 aliphatic carbocycles. The maximum absolute atomic E-state index is 13.9. The van der Waals surface area contributed by atoms with Gasteiger partial charge in [0.25, 0.3) is 5.91 Å². The second-order valence-electron chi connectivity index (χ2n) is 7.64. The quantitative estimate of drug-likeness (QED) is 0.392. The van der Waals surface area contributed by atoms with Crippen molar-refractivity contribution in [1.82, 2.24) is 19.9 Å². The zero-order valence-corrected chi connectivity index (χ0v) is 19.2. The van der Waals surface area contributed by atoms with Gasteiger partial charge in [-0.3, -0.25) is 9.00 Å². The largest absolute Gasteiger partial charge is 0.474 e. The molecule has 3 heterocycles. The molecule has 1 atom stereocenters. The number of rotatable bonds is 7. The molecule has 1 fully saturated rings. The van der Waals surface area contributed by atoms with Crippen LogP contribution in [0.25, 0.3) is 0 Å². The summed E-state index contributed by atoms with van der Waals surface area (Å²) >= 11 is 0. The van der Waals surface area contributed by atoms with Crippen LogP contribution in [0.4, 0.5) is 15.9 Å². The van der Waals surface area contributed by atoms with Gasteiger partial charge in [0.2, 0.25) is 11.8 Å². The molecule has 11 heteroatoms. The van der Waals surface area contributed by atoms with E-state index >= 15 is 0 Å².